The van der Waals surface area contributed by atoms with Gasteiger partial charge in [-0.1, -0.05) is 11.6 Å². The standard InChI is InChI=1S/C15H16ClNO4/c1-9(2)21-14-12(16)6-10(7-13(14)19-3)5-11(8-17)15(18)20-4/h5-7,9H,1-4H3/b11-5+. The Kier molecular flexibility index (Phi) is 6.07. The molecule has 0 fully saturated rings. The fourth-order valence-electron chi connectivity index (χ4n) is 1.59. The third-order valence-electron chi connectivity index (χ3n) is 2.44. The lowest BCUT2D eigenvalue weighted by atomic mass is 10.1. The minimum Gasteiger partial charge on any atom is -0.493 e. The summed E-state index contributed by atoms with van der Waals surface area (Å²) in [6.07, 6.45) is 1.31. The molecule has 1 rings (SSSR count). The van der Waals surface area contributed by atoms with Crippen LogP contribution in [0.4, 0.5) is 0 Å². The summed E-state index contributed by atoms with van der Waals surface area (Å²) >= 11 is 6.16. The molecule has 0 bridgehead atoms. The fourth-order valence-corrected chi connectivity index (χ4v) is 1.85. The second kappa shape index (κ2) is 7.55. The summed E-state index contributed by atoms with van der Waals surface area (Å²) in [5.41, 5.74) is 0.406. The molecule has 0 aliphatic carbocycles. The van der Waals surface area contributed by atoms with Crippen molar-refractivity contribution in [3.63, 3.8) is 0 Å². The molecule has 0 spiro atoms. The van der Waals surface area contributed by atoms with Crippen LogP contribution in [0.15, 0.2) is 17.7 Å². The van der Waals surface area contributed by atoms with Gasteiger partial charge in [0, 0.05) is 0 Å². The predicted molar refractivity (Wildman–Crippen MR) is 79.4 cm³/mol. The maximum atomic E-state index is 11.4. The van der Waals surface area contributed by atoms with E-state index in [1.165, 1.54) is 20.3 Å². The summed E-state index contributed by atoms with van der Waals surface area (Å²) in [7, 11) is 2.69. The Morgan fingerprint density at radius 1 is 1.38 bits per heavy atom. The molecule has 6 heteroatoms. The Labute approximate surface area is 128 Å². The Bertz CT molecular complexity index is 602. The van der Waals surface area contributed by atoms with Crippen molar-refractivity contribution >= 4 is 23.6 Å². The monoisotopic (exact) mass is 309 g/mol. The Balaban J connectivity index is 3.29. The van der Waals surface area contributed by atoms with Crippen LogP contribution >= 0.6 is 11.6 Å². The van der Waals surface area contributed by atoms with Crippen LogP contribution in [0, 0.1) is 11.3 Å². The number of nitriles is 1. The number of hydrogen-bond acceptors (Lipinski definition) is 5. The highest BCUT2D eigenvalue weighted by Crippen LogP contribution is 2.37. The molecule has 1 aromatic rings. The number of hydrogen-bond donors (Lipinski definition) is 0. The smallest absolute Gasteiger partial charge is 0.348 e. The molecule has 5 nitrogen and oxygen atoms in total. The molecule has 0 aliphatic heterocycles. The minimum absolute atomic E-state index is 0.0671. The lowest BCUT2D eigenvalue weighted by Crippen LogP contribution is -2.07. The fraction of sp³-hybridized carbons (Fsp3) is 0.333. The number of methoxy groups -OCH3 is 2. The molecule has 0 saturated heterocycles. The van der Waals surface area contributed by atoms with E-state index in [0.717, 1.165) is 0 Å². The highest BCUT2D eigenvalue weighted by Gasteiger charge is 2.14. The molecule has 0 amide bonds. The maximum absolute atomic E-state index is 11.4. The minimum atomic E-state index is -0.713. The summed E-state index contributed by atoms with van der Waals surface area (Å²) in [5, 5.41) is 9.28. The average Bonchev–Trinajstić information content (AvgIpc) is 2.45. The topological polar surface area (TPSA) is 68.6 Å². The van der Waals surface area contributed by atoms with Gasteiger partial charge in [-0.2, -0.15) is 5.26 Å². The van der Waals surface area contributed by atoms with E-state index >= 15 is 0 Å². The normalized spacial score (nSPS) is 11.0. The van der Waals surface area contributed by atoms with Gasteiger partial charge in [-0.25, -0.2) is 4.79 Å². The molecular formula is C15H16ClNO4. The lowest BCUT2D eigenvalue weighted by Gasteiger charge is -2.15. The Hall–Kier alpha value is -2.19. The zero-order valence-corrected chi connectivity index (χ0v) is 13.0. The van der Waals surface area contributed by atoms with Gasteiger partial charge < -0.3 is 14.2 Å². The number of halogens is 1. The van der Waals surface area contributed by atoms with Gasteiger partial charge in [0.05, 0.1) is 25.3 Å². The van der Waals surface area contributed by atoms with Gasteiger partial charge >= 0.3 is 5.97 Å². The summed E-state index contributed by atoms with van der Waals surface area (Å²) in [6, 6.07) is 4.99. The zero-order valence-electron chi connectivity index (χ0n) is 12.3. The summed E-state index contributed by atoms with van der Waals surface area (Å²) in [5.74, 6) is 0.127. The number of esters is 1. The first-order chi connectivity index (χ1) is 9.92. The highest BCUT2D eigenvalue weighted by atomic mass is 35.5. The molecule has 0 heterocycles. The number of ether oxygens (including phenoxy) is 3. The summed E-state index contributed by atoms with van der Waals surface area (Å²) in [4.78, 5) is 11.4. The van der Waals surface area contributed by atoms with Gasteiger partial charge in [0.2, 0.25) is 0 Å². The van der Waals surface area contributed by atoms with Crippen molar-refractivity contribution in [3.05, 3.63) is 28.3 Å². The SMILES string of the molecule is COC(=O)/C(C#N)=C/c1cc(Cl)c(OC(C)C)c(OC)c1. The van der Waals surface area contributed by atoms with Crippen LogP contribution in [0.25, 0.3) is 6.08 Å². The predicted octanol–water partition coefficient (Wildman–Crippen LogP) is 3.22. The van der Waals surface area contributed by atoms with Crippen molar-refractivity contribution in [3.8, 4) is 17.6 Å². The van der Waals surface area contributed by atoms with Crippen molar-refractivity contribution in [2.24, 2.45) is 0 Å². The number of rotatable bonds is 5. The number of benzene rings is 1. The van der Waals surface area contributed by atoms with Crippen LogP contribution in [0.3, 0.4) is 0 Å². The van der Waals surface area contributed by atoms with E-state index in [4.69, 9.17) is 26.3 Å². The molecule has 0 N–H and O–H groups in total. The third kappa shape index (κ3) is 4.40. The van der Waals surface area contributed by atoms with Gasteiger partial charge in [-0.3, -0.25) is 0 Å². The first-order valence-electron chi connectivity index (χ1n) is 6.17. The molecule has 0 saturated carbocycles. The van der Waals surface area contributed by atoms with Crippen LogP contribution in [0.5, 0.6) is 11.5 Å². The molecule has 0 aromatic heterocycles. The van der Waals surface area contributed by atoms with Crippen LogP contribution in [0.1, 0.15) is 19.4 Å². The number of carbonyl (C=O) groups is 1. The maximum Gasteiger partial charge on any atom is 0.348 e. The van der Waals surface area contributed by atoms with Gasteiger partial charge in [0.15, 0.2) is 11.5 Å². The first kappa shape index (κ1) is 16.9. The Morgan fingerprint density at radius 3 is 2.52 bits per heavy atom. The molecular weight excluding hydrogens is 294 g/mol. The molecule has 0 unspecified atom stereocenters. The van der Waals surface area contributed by atoms with Crippen LogP contribution < -0.4 is 9.47 Å². The van der Waals surface area contributed by atoms with E-state index in [1.807, 2.05) is 13.8 Å². The van der Waals surface area contributed by atoms with Crippen molar-refractivity contribution in [2.45, 2.75) is 20.0 Å². The van der Waals surface area contributed by atoms with Crippen LogP contribution in [0.2, 0.25) is 5.02 Å². The van der Waals surface area contributed by atoms with Gasteiger partial charge in [0.25, 0.3) is 0 Å². The van der Waals surface area contributed by atoms with Crippen molar-refractivity contribution < 1.29 is 19.0 Å². The summed E-state index contributed by atoms with van der Waals surface area (Å²) < 4.78 is 15.3. The largest absolute Gasteiger partial charge is 0.493 e. The molecule has 0 atom stereocenters. The van der Waals surface area contributed by atoms with Crippen molar-refractivity contribution in [2.75, 3.05) is 14.2 Å². The lowest BCUT2D eigenvalue weighted by molar-refractivity contribution is -0.135. The van der Waals surface area contributed by atoms with Gasteiger partial charge in [-0.15, -0.1) is 0 Å². The van der Waals surface area contributed by atoms with Crippen LogP contribution in [-0.4, -0.2) is 26.3 Å². The number of nitrogens with zero attached hydrogens (tertiary/aromatic N) is 1. The quantitative estimate of drug-likeness (QED) is 0.474. The van der Waals surface area contributed by atoms with E-state index in [-0.39, 0.29) is 11.7 Å². The molecule has 112 valence electrons. The van der Waals surface area contributed by atoms with Gasteiger partial charge in [-0.05, 0) is 37.6 Å². The van der Waals surface area contributed by atoms with E-state index in [0.29, 0.717) is 22.1 Å². The van der Waals surface area contributed by atoms with E-state index in [1.54, 1.807) is 18.2 Å². The van der Waals surface area contributed by atoms with E-state index in [2.05, 4.69) is 4.74 Å². The molecule has 21 heavy (non-hydrogen) atoms. The van der Waals surface area contributed by atoms with E-state index < -0.39 is 5.97 Å². The van der Waals surface area contributed by atoms with Crippen molar-refractivity contribution in [1.29, 1.82) is 5.26 Å². The summed E-state index contributed by atoms with van der Waals surface area (Å²) in [6.45, 7) is 3.74. The third-order valence-corrected chi connectivity index (χ3v) is 2.72. The second-order valence-electron chi connectivity index (χ2n) is 4.36. The second-order valence-corrected chi connectivity index (χ2v) is 4.77. The zero-order chi connectivity index (χ0) is 16.0. The van der Waals surface area contributed by atoms with Crippen molar-refractivity contribution in [1.82, 2.24) is 0 Å². The average molecular weight is 310 g/mol. The molecule has 1 aromatic carbocycles. The first-order valence-corrected chi connectivity index (χ1v) is 6.55. The van der Waals surface area contributed by atoms with Crippen LogP contribution in [-0.2, 0) is 9.53 Å². The molecule has 0 radical (unpaired) electrons. The number of carbonyl (C=O) groups excluding carboxylic acids is 1. The highest BCUT2D eigenvalue weighted by molar-refractivity contribution is 6.32. The van der Waals surface area contributed by atoms with E-state index in [9.17, 15) is 4.79 Å². The van der Waals surface area contributed by atoms with Gasteiger partial charge in [0.1, 0.15) is 11.6 Å². The Morgan fingerprint density at radius 2 is 2.05 bits per heavy atom. The molecule has 0 aliphatic rings.